The summed E-state index contributed by atoms with van der Waals surface area (Å²) in [6, 6.07) is 1.99. The molecule has 0 atom stereocenters. The lowest BCUT2D eigenvalue weighted by molar-refractivity contribution is -0.146. The van der Waals surface area contributed by atoms with Crippen LogP contribution in [-0.2, 0) is 11.2 Å². The van der Waals surface area contributed by atoms with Gasteiger partial charge in [-0.1, -0.05) is 0 Å². The number of carboxylic acid groups (broad SMARTS) is 1. The average molecular weight is 315 g/mol. The fraction of sp³-hybridized carbons (Fsp3) is 0.500. The molecule has 0 aromatic heterocycles. The number of aliphatic carboxylic acids is 1. The van der Waals surface area contributed by atoms with Gasteiger partial charge in [-0.15, -0.1) is 0 Å². The number of carboxylic acids is 1. The van der Waals surface area contributed by atoms with Crippen molar-refractivity contribution in [2.75, 3.05) is 7.11 Å². The molecule has 0 unspecified atom stereocenters. The number of rotatable bonds is 4. The van der Waals surface area contributed by atoms with Crippen LogP contribution in [0.25, 0.3) is 0 Å². The highest BCUT2D eigenvalue weighted by atomic mass is 79.9. The second-order valence-electron chi connectivity index (χ2n) is 5.18. The van der Waals surface area contributed by atoms with E-state index in [1.54, 1.807) is 21.0 Å². The second kappa shape index (κ2) is 5.31. The summed E-state index contributed by atoms with van der Waals surface area (Å²) in [5.41, 5.74) is 2.35. The molecule has 3 nitrogen and oxygen atoms in total. The fourth-order valence-corrected chi connectivity index (χ4v) is 2.61. The van der Waals surface area contributed by atoms with E-state index in [0.29, 0.717) is 6.42 Å². The van der Waals surface area contributed by atoms with E-state index < -0.39 is 11.4 Å². The smallest absolute Gasteiger partial charge is 0.309 e. The molecule has 1 rings (SSSR count). The number of ether oxygens (including phenoxy) is 1. The van der Waals surface area contributed by atoms with Crippen molar-refractivity contribution in [3.05, 3.63) is 27.2 Å². The number of benzene rings is 1. The predicted molar refractivity (Wildman–Crippen MR) is 75.3 cm³/mol. The molecule has 0 saturated carbocycles. The van der Waals surface area contributed by atoms with Crippen LogP contribution in [0.5, 0.6) is 5.75 Å². The summed E-state index contributed by atoms with van der Waals surface area (Å²) >= 11 is 3.46. The third-order valence-corrected chi connectivity index (χ3v) is 3.87. The van der Waals surface area contributed by atoms with Crippen molar-refractivity contribution in [1.82, 2.24) is 0 Å². The van der Waals surface area contributed by atoms with Crippen molar-refractivity contribution in [3.8, 4) is 5.75 Å². The average Bonchev–Trinajstić information content (AvgIpc) is 2.25. The van der Waals surface area contributed by atoms with Crippen molar-refractivity contribution in [3.63, 3.8) is 0 Å². The summed E-state index contributed by atoms with van der Waals surface area (Å²) in [4.78, 5) is 11.3. The molecule has 0 spiro atoms. The van der Waals surface area contributed by atoms with Crippen LogP contribution in [0.3, 0.4) is 0 Å². The minimum Gasteiger partial charge on any atom is -0.495 e. The number of methoxy groups -OCH3 is 1. The Morgan fingerprint density at radius 3 is 2.44 bits per heavy atom. The maximum absolute atomic E-state index is 11.3. The van der Waals surface area contributed by atoms with Gasteiger partial charge in [-0.25, -0.2) is 0 Å². The Balaban J connectivity index is 3.35. The quantitative estimate of drug-likeness (QED) is 0.921. The van der Waals surface area contributed by atoms with Crippen LogP contribution in [0.2, 0.25) is 0 Å². The largest absolute Gasteiger partial charge is 0.495 e. The summed E-state index contributed by atoms with van der Waals surface area (Å²) in [5.74, 6) is -0.0750. The van der Waals surface area contributed by atoms with Gasteiger partial charge in [-0.05, 0) is 72.8 Å². The van der Waals surface area contributed by atoms with Gasteiger partial charge < -0.3 is 9.84 Å². The molecule has 0 saturated heterocycles. The predicted octanol–water partition coefficient (Wildman–Crippen LogP) is 3.73. The van der Waals surface area contributed by atoms with Gasteiger partial charge in [0.15, 0.2) is 0 Å². The minimum absolute atomic E-state index is 0.442. The topological polar surface area (TPSA) is 46.5 Å². The zero-order valence-corrected chi connectivity index (χ0v) is 13.0. The van der Waals surface area contributed by atoms with Crippen molar-refractivity contribution in [1.29, 1.82) is 0 Å². The third-order valence-electron chi connectivity index (χ3n) is 3.28. The molecule has 0 aliphatic rings. The van der Waals surface area contributed by atoms with Crippen LogP contribution < -0.4 is 4.74 Å². The van der Waals surface area contributed by atoms with Crippen LogP contribution in [0, 0.1) is 19.3 Å². The van der Waals surface area contributed by atoms with Gasteiger partial charge in [0.2, 0.25) is 0 Å². The van der Waals surface area contributed by atoms with Crippen LogP contribution in [0.15, 0.2) is 10.5 Å². The summed E-state index contributed by atoms with van der Waals surface area (Å²) in [7, 11) is 1.60. The van der Waals surface area contributed by atoms with Crippen molar-refractivity contribution < 1.29 is 14.6 Å². The first-order valence-electron chi connectivity index (χ1n) is 5.76. The van der Waals surface area contributed by atoms with Gasteiger partial charge in [0.25, 0.3) is 0 Å². The molecule has 0 fully saturated rings. The number of halogens is 1. The summed E-state index contributed by atoms with van der Waals surface area (Å²) < 4.78 is 6.26. The SMILES string of the molecule is COc1c(Br)cc(C)c(C)c1CC(C)(C)C(=O)O. The van der Waals surface area contributed by atoms with E-state index in [2.05, 4.69) is 15.9 Å². The minimum atomic E-state index is -0.814. The van der Waals surface area contributed by atoms with Gasteiger partial charge >= 0.3 is 5.97 Å². The van der Waals surface area contributed by atoms with E-state index in [4.69, 9.17) is 4.74 Å². The second-order valence-corrected chi connectivity index (χ2v) is 6.03. The molecule has 18 heavy (non-hydrogen) atoms. The lowest BCUT2D eigenvalue weighted by Gasteiger charge is -2.23. The summed E-state index contributed by atoms with van der Waals surface area (Å²) in [6.07, 6.45) is 0.442. The monoisotopic (exact) mass is 314 g/mol. The van der Waals surface area contributed by atoms with E-state index in [1.807, 2.05) is 19.9 Å². The lowest BCUT2D eigenvalue weighted by Crippen LogP contribution is -2.27. The molecule has 0 bridgehead atoms. The number of hydrogen-bond acceptors (Lipinski definition) is 2. The van der Waals surface area contributed by atoms with E-state index in [-0.39, 0.29) is 0 Å². The Labute approximate surface area is 116 Å². The maximum atomic E-state index is 11.3. The zero-order chi connectivity index (χ0) is 14.1. The molecule has 0 aliphatic heterocycles. The van der Waals surface area contributed by atoms with Crippen LogP contribution in [-0.4, -0.2) is 18.2 Å². The van der Waals surface area contributed by atoms with Gasteiger partial charge in [-0.2, -0.15) is 0 Å². The van der Waals surface area contributed by atoms with Gasteiger partial charge in [0.1, 0.15) is 5.75 Å². The first-order chi connectivity index (χ1) is 8.20. The first-order valence-corrected chi connectivity index (χ1v) is 6.56. The van der Waals surface area contributed by atoms with Gasteiger partial charge in [-0.3, -0.25) is 4.79 Å². The summed E-state index contributed by atoms with van der Waals surface area (Å²) in [5, 5.41) is 9.24. The molecule has 0 heterocycles. The Morgan fingerprint density at radius 1 is 1.44 bits per heavy atom. The third kappa shape index (κ3) is 2.86. The van der Waals surface area contributed by atoms with Gasteiger partial charge in [0, 0.05) is 0 Å². The molecule has 0 amide bonds. The van der Waals surface area contributed by atoms with Crippen molar-refractivity contribution in [2.24, 2.45) is 5.41 Å². The molecule has 0 radical (unpaired) electrons. The molecular formula is C14H19BrO3. The van der Waals surface area contributed by atoms with E-state index >= 15 is 0 Å². The number of carbonyl (C=O) groups is 1. The van der Waals surface area contributed by atoms with E-state index in [9.17, 15) is 9.90 Å². The zero-order valence-electron chi connectivity index (χ0n) is 11.4. The van der Waals surface area contributed by atoms with Crippen molar-refractivity contribution >= 4 is 21.9 Å². The number of aryl methyl sites for hydroxylation is 1. The highest BCUT2D eigenvalue weighted by Crippen LogP contribution is 2.37. The highest BCUT2D eigenvalue weighted by Gasteiger charge is 2.30. The highest BCUT2D eigenvalue weighted by molar-refractivity contribution is 9.10. The maximum Gasteiger partial charge on any atom is 0.309 e. The molecule has 0 aliphatic carbocycles. The molecule has 1 aromatic carbocycles. The molecule has 1 aromatic rings. The molecular weight excluding hydrogens is 296 g/mol. The Hall–Kier alpha value is -1.03. The first kappa shape index (κ1) is 15.0. The molecule has 4 heteroatoms. The lowest BCUT2D eigenvalue weighted by atomic mass is 9.83. The molecule has 1 N–H and O–H groups in total. The fourth-order valence-electron chi connectivity index (χ4n) is 1.87. The van der Waals surface area contributed by atoms with E-state index in [0.717, 1.165) is 26.9 Å². The molecule has 100 valence electrons. The van der Waals surface area contributed by atoms with Crippen LogP contribution in [0.4, 0.5) is 0 Å². The Morgan fingerprint density at radius 2 is 2.00 bits per heavy atom. The van der Waals surface area contributed by atoms with Gasteiger partial charge in [0.05, 0.1) is 17.0 Å². The van der Waals surface area contributed by atoms with Crippen molar-refractivity contribution in [2.45, 2.75) is 34.1 Å². The Kier molecular flexibility index (Phi) is 4.43. The normalized spacial score (nSPS) is 11.4. The number of hydrogen-bond donors (Lipinski definition) is 1. The summed E-state index contributed by atoms with van der Waals surface area (Å²) in [6.45, 7) is 7.46. The Bertz CT molecular complexity index is 478. The van der Waals surface area contributed by atoms with E-state index in [1.165, 1.54) is 0 Å². The van der Waals surface area contributed by atoms with Crippen LogP contribution in [0.1, 0.15) is 30.5 Å². The standard InChI is InChI=1S/C14H19BrO3/c1-8-6-11(15)12(18-5)10(9(8)2)7-14(3,4)13(16)17/h6H,7H2,1-5H3,(H,16,17). The van der Waals surface area contributed by atoms with Crippen LogP contribution >= 0.6 is 15.9 Å².